The normalized spacial score (nSPS) is 10.0. The number of rotatable bonds is 2. The van der Waals surface area contributed by atoms with Crippen LogP contribution in [0.2, 0.25) is 0 Å². The van der Waals surface area contributed by atoms with E-state index in [2.05, 4.69) is 0 Å². The number of hydrogen-bond acceptors (Lipinski definition) is 3. The van der Waals surface area contributed by atoms with E-state index in [1.807, 2.05) is 0 Å². The summed E-state index contributed by atoms with van der Waals surface area (Å²) in [5.74, 6) is -0.621. The summed E-state index contributed by atoms with van der Waals surface area (Å²) in [6, 6.07) is 0. The van der Waals surface area contributed by atoms with Crippen LogP contribution in [0.15, 0.2) is 0 Å². The molecule has 0 aliphatic heterocycles. The third-order valence-electron chi connectivity index (χ3n) is 0.813. The average molecular weight is 206 g/mol. The Kier molecular flexibility index (Phi) is 6.58. The van der Waals surface area contributed by atoms with Gasteiger partial charge in [-0.25, -0.2) is 0 Å². The standard InChI is InChI=1S/C8H14O3.Ti/c1-6(9)5-7(10)11-8(2,3)4;/h5H2,1-4H3;. The zero-order valence-corrected chi connectivity index (χ0v) is 9.49. The first-order chi connectivity index (χ1) is 4.81. The van der Waals surface area contributed by atoms with Crippen LogP contribution < -0.4 is 0 Å². The molecule has 0 saturated carbocycles. The van der Waals surface area contributed by atoms with Crippen molar-refractivity contribution in [3.63, 3.8) is 0 Å². The van der Waals surface area contributed by atoms with E-state index in [1.165, 1.54) is 6.92 Å². The predicted molar refractivity (Wildman–Crippen MR) is 41.1 cm³/mol. The third kappa shape index (κ3) is 9.85. The van der Waals surface area contributed by atoms with Gasteiger partial charge >= 0.3 is 5.97 Å². The fourth-order valence-corrected chi connectivity index (χ4v) is 0.581. The number of hydrogen-bond donors (Lipinski definition) is 0. The van der Waals surface area contributed by atoms with Crippen LogP contribution in [0, 0.1) is 0 Å². The molecular weight excluding hydrogens is 192 g/mol. The summed E-state index contributed by atoms with van der Waals surface area (Å²) in [6.45, 7) is 6.67. The SMILES string of the molecule is CC(=O)CC(=O)OC(C)(C)C.[Ti]. The second-order valence-corrected chi connectivity index (χ2v) is 3.47. The number of carbonyl (C=O) groups is 2. The third-order valence-corrected chi connectivity index (χ3v) is 0.813. The van der Waals surface area contributed by atoms with Crippen LogP contribution in [0.3, 0.4) is 0 Å². The van der Waals surface area contributed by atoms with E-state index in [9.17, 15) is 9.59 Å². The first kappa shape index (κ1) is 14.4. The smallest absolute Gasteiger partial charge is 0.313 e. The minimum Gasteiger partial charge on any atom is -0.460 e. The Bertz CT molecular complexity index is 170. The first-order valence-corrected chi connectivity index (χ1v) is 3.52. The fourth-order valence-electron chi connectivity index (χ4n) is 0.581. The number of ether oxygens (including phenoxy) is 1. The topological polar surface area (TPSA) is 43.4 Å². The molecule has 3 nitrogen and oxygen atoms in total. The van der Waals surface area contributed by atoms with E-state index < -0.39 is 11.6 Å². The Morgan fingerprint density at radius 1 is 1.25 bits per heavy atom. The van der Waals surface area contributed by atoms with Crippen molar-refractivity contribution in [3.05, 3.63) is 0 Å². The zero-order chi connectivity index (χ0) is 9.07. The molecule has 68 valence electrons. The monoisotopic (exact) mass is 206 g/mol. The first-order valence-electron chi connectivity index (χ1n) is 3.52. The van der Waals surface area contributed by atoms with Gasteiger partial charge in [-0.05, 0) is 27.7 Å². The molecule has 0 atom stereocenters. The largest absolute Gasteiger partial charge is 0.460 e. The second kappa shape index (κ2) is 5.49. The van der Waals surface area contributed by atoms with Gasteiger partial charge in [0.1, 0.15) is 17.8 Å². The predicted octanol–water partition coefficient (Wildman–Crippen LogP) is 1.30. The molecule has 0 unspecified atom stereocenters. The number of carbonyl (C=O) groups excluding carboxylic acids is 2. The Hall–Kier alpha value is -0.146. The fraction of sp³-hybridized carbons (Fsp3) is 0.750. The van der Waals surface area contributed by atoms with Crippen molar-refractivity contribution in [2.24, 2.45) is 0 Å². The zero-order valence-electron chi connectivity index (χ0n) is 7.93. The molecule has 0 fully saturated rings. The van der Waals surface area contributed by atoms with E-state index >= 15 is 0 Å². The second-order valence-electron chi connectivity index (χ2n) is 3.47. The van der Waals surface area contributed by atoms with Crippen LogP contribution in [-0.4, -0.2) is 17.4 Å². The molecule has 0 N–H and O–H groups in total. The molecule has 0 bridgehead atoms. The molecule has 12 heavy (non-hydrogen) atoms. The Balaban J connectivity index is 0. The van der Waals surface area contributed by atoms with E-state index in [1.54, 1.807) is 20.8 Å². The van der Waals surface area contributed by atoms with Crippen molar-refractivity contribution >= 4 is 11.8 Å². The van der Waals surface area contributed by atoms with E-state index in [0.717, 1.165) is 0 Å². The van der Waals surface area contributed by atoms with Crippen molar-refractivity contribution < 1.29 is 36.0 Å². The van der Waals surface area contributed by atoms with Crippen LogP contribution in [0.25, 0.3) is 0 Å². The molecule has 0 saturated heterocycles. The molecule has 0 aromatic heterocycles. The molecule has 0 rings (SSSR count). The molecule has 4 heteroatoms. The van der Waals surface area contributed by atoms with Crippen LogP contribution in [0.5, 0.6) is 0 Å². The summed E-state index contributed by atoms with van der Waals surface area (Å²) in [4.78, 5) is 21.3. The average Bonchev–Trinajstić information content (AvgIpc) is 1.53. The minimum atomic E-state index is -0.494. The van der Waals surface area contributed by atoms with Gasteiger partial charge in [-0.2, -0.15) is 0 Å². The maximum atomic E-state index is 10.8. The van der Waals surface area contributed by atoms with E-state index in [0.29, 0.717) is 0 Å². The Labute approximate surface area is 87.7 Å². The van der Waals surface area contributed by atoms with Gasteiger partial charge in [0.15, 0.2) is 0 Å². The van der Waals surface area contributed by atoms with Crippen molar-refractivity contribution in [1.82, 2.24) is 0 Å². The van der Waals surface area contributed by atoms with Gasteiger partial charge in [0.2, 0.25) is 0 Å². The van der Waals surface area contributed by atoms with Gasteiger partial charge in [0.05, 0.1) is 0 Å². The van der Waals surface area contributed by atoms with Gasteiger partial charge in [-0.1, -0.05) is 0 Å². The van der Waals surface area contributed by atoms with E-state index in [-0.39, 0.29) is 33.9 Å². The Morgan fingerprint density at radius 3 is 1.92 bits per heavy atom. The molecule has 0 aliphatic rings. The molecule has 0 radical (unpaired) electrons. The summed E-state index contributed by atoms with van der Waals surface area (Å²) in [7, 11) is 0. The maximum Gasteiger partial charge on any atom is 0.313 e. The van der Waals surface area contributed by atoms with Gasteiger partial charge < -0.3 is 4.74 Å². The minimum absolute atomic E-state index is 0. The Morgan fingerprint density at radius 2 is 1.67 bits per heavy atom. The molecule has 0 heterocycles. The van der Waals surface area contributed by atoms with Crippen molar-refractivity contribution in [3.8, 4) is 0 Å². The van der Waals surface area contributed by atoms with E-state index in [4.69, 9.17) is 4.74 Å². The summed E-state index contributed by atoms with van der Waals surface area (Å²) in [5.41, 5.74) is -0.494. The van der Waals surface area contributed by atoms with Crippen LogP contribution in [-0.2, 0) is 36.0 Å². The number of esters is 1. The van der Waals surface area contributed by atoms with Crippen LogP contribution in [0.4, 0.5) is 0 Å². The van der Waals surface area contributed by atoms with Crippen molar-refractivity contribution in [1.29, 1.82) is 0 Å². The molecule has 0 amide bonds. The quantitative estimate of drug-likeness (QED) is 0.388. The molecule has 0 spiro atoms. The van der Waals surface area contributed by atoms with Gasteiger partial charge in [-0.15, -0.1) is 0 Å². The van der Waals surface area contributed by atoms with Gasteiger partial charge in [0, 0.05) is 21.7 Å². The van der Waals surface area contributed by atoms with Crippen molar-refractivity contribution in [2.75, 3.05) is 0 Å². The van der Waals surface area contributed by atoms with Crippen LogP contribution >= 0.6 is 0 Å². The van der Waals surface area contributed by atoms with Crippen molar-refractivity contribution in [2.45, 2.75) is 39.7 Å². The summed E-state index contributed by atoms with van der Waals surface area (Å²) < 4.78 is 4.89. The maximum absolute atomic E-state index is 10.8. The van der Waals surface area contributed by atoms with Gasteiger partial charge in [0.25, 0.3) is 0 Å². The number of Topliss-reactive ketones (excluding diaryl/α,β-unsaturated/α-hetero) is 1. The number of ketones is 1. The van der Waals surface area contributed by atoms with Gasteiger partial charge in [-0.3, -0.25) is 9.59 Å². The molecule has 0 aromatic carbocycles. The van der Waals surface area contributed by atoms with Crippen LogP contribution in [0.1, 0.15) is 34.1 Å². The molecule has 0 aliphatic carbocycles. The summed E-state index contributed by atoms with van der Waals surface area (Å²) >= 11 is 0. The summed E-state index contributed by atoms with van der Waals surface area (Å²) in [5, 5.41) is 0. The molecular formula is C8H14O3Ti. The molecule has 0 aromatic rings. The summed E-state index contributed by atoms with van der Waals surface area (Å²) in [6.07, 6.45) is -0.128.